The van der Waals surface area contributed by atoms with E-state index in [9.17, 15) is 82.3 Å². The van der Waals surface area contributed by atoms with Gasteiger partial charge in [-0.3, -0.25) is 0 Å². The van der Waals surface area contributed by atoms with E-state index in [0.29, 0.717) is 18.2 Å². The first-order chi connectivity index (χ1) is 24.7. The molecule has 0 bridgehead atoms. The molecule has 3 aliphatic rings. The second-order valence-corrected chi connectivity index (χ2v) is 16.0. The van der Waals surface area contributed by atoms with Gasteiger partial charge in [-0.05, 0) is 23.8 Å². The van der Waals surface area contributed by atoms with Gasteiger partial charge in [0.25, 0.3) is 48.4 Å². The molecule has 0 spiro atoms. The van der Waals surface area contributed by atoms with E-state index < -0.39 is 154 Å². The Kier molecular flexibility index (Phi) is 11.8. The zero-order valence-corrected chi connectivity index (χ0v) is 29.0. The fourth-order valence-electron chi connectivity index (χ4n) is 5.93. The summed E-state index contributed by atoms with van der Waals surface area (Å²) in [6.07, 6.45) is -3.29. The van der Waals surface area contributed by atoms with Crippen molar-refractivity contribution in [1.82, 2.24) is 14.2 Å². The Bertz CT molecular complexity index is 2370. The van der Waals surface area contributed by atoms with E-state index in [2.05, 4.69) is 15.4 Å². The van der Waals surface area contributed by atoms with Gasteiger partial charge in [0.2, 0.25) is 0 Å². The van der Waals surface area contributed by atoms with Crippen molar-refractivity contribution >= 4 is 30.6 Å². The van der Waals surface area contributed by atoms with Crippen LogP contribution in [0.5, 0.6) is 0 Å². The maximum absolute atomic E-state index is 13.6. The van der Waals surface area contributed by atoms with Crippen LogP contribution >= 0.6 is 0 Å². The number of fused-ring (bicyclic) bond motifs is 3. The summed E-state index contributed by atoms with van der Waals surface area (Å²) >= 11 is 0. The summed E-state index contributed by atoms with van der Waals surface area (Å²) in [4.78, 5) is 0. The van der Waals surface area contributed by atoms with Gasteiger partial charge in [0.05, 0.1) is 0 Å². The third-order valence-corrected chi connectivity index (χ3v) is 9.66. The van der Waals surface area contributed by atoms with Crippen LogP contribution in [-0.2, 0) is 49.9 Å². The Balaban J connectivity index is 0.000000184. The molecule has 3 atom stereocenters. The second kappa shape index (κ2) is 14.7. The van der Waals surface area contributed by atoms with Gasteiger partial charge < -0.3 is 0 Å². The first-order valence-corrected chi connectivity index (χ1v) is 19.0. The first-order valence-electron chi connectivity index (χ1n) is 14.4. The number of halogens is 13. The number of benzene rings is 3. The molecule has 0 aliphatic heterocycles. The average Bonchev–Trinajstić information content (AvgIpc) is 3.50. The maximum atomic E-state index is 13.6. The van der Waals surface area contributed by atoms with Crippen LogP contribution in [0.2, 0.25) is 0 Å². The Hall–Kier alpha value is -3.64. The van der Waals surface area contributed by atoms with Crippen LogP contribution < -0.4 is 29.6 Å². The molecule has 0 radical (unpaired) electrons. The lowest BCUT2D eigenvalue weighted by atomic mass is 10.1. The molecule has 3 aliphatic carbocycles. The second-order valence-electron chi connectivity index (χ2n) is 12.0. The van der Waals surface area contributed by atoms with Crippen LogP contribution in [0.25, 0.3) is 0 Å². The number of rotatable bonds is 6. The highest BCUT2D eigenvalue weighted by atomic mass is 32.2. The number of nitrogens with two attached hydrogens (primary N) is 3. The smallest absolute Gasteiger partial charge is 0.216 e. The molecule has 0 unspecified atom stereocenters. The molecular formula is C27H23F13N6O6S3. The Morgan fingerprint density at radius 2 is 0.891 bits per heavy atom. The molecule has 306 valence electrons. The van der Waals surface area contributed by atoms with Gasteiger partial charge in [0, 0.05) is 59.2 Å². The number of nitrogens with one attached hydrogen (secondary N) is 3. The van der Waals surface area contributed by atoms with E-state index >= 15 is 0 Å². The van der Waals surface area contributed by atoms with E-state index in [1.807, 2.05) is 0 Å². The van der Waals surface area contributed by atoms with Gasteiger partial charge in [-0.25, -0.2) is 72.5 Å². The van der Waals surface area contributed by atoms with Crippen molar-refractivity contribution in [2.24, 2.45) is 15.4 Å². The van der Waals surface area contributed by atoms with Gasteiger partial charge >= 0.3 is 0 Å². The molecule has 0 aromatic heterocycles. The molecule has 9 N–H and O–H groups in total. The summed E-state index contributed by atoms with van der Waals surface area (Å²) in [6, 6.07) is -4.10. The van der Waals surface area contributed by atoms with Crippen molar-refractivity contribution in [1.29, 1.82) is 0 Å². The van der Waals surface area contributed by atoms with E-state index in [0.717, 1.165) is 6.07 Å². The Labute approximate surface area is 301 Å². The largest absolute Gasteiger partial charge is 0.275 e. The fraction of sp³-hybridized carbons (Fsp3) is 0.333. The quantitative estimate of drug-likeness (QED) is 0.162. The zero-order chi connectivity index (χ0) is 42.0. The molecule has 0 amide bonds. The van der Waals surface area contributed by atoms with Gasteiger partial charge in [-0.1, -0.05) is 0 Å². The first kappa shape index (κ1) is 44.1. The monoisotopic (exact) mass is 870 g/mol. The average molecular weight is 871 g/mol. The SMILES string of the molecule is NS(=O)(=O)N[C@H]1c2c(F)c(F)cc(F)c2CC1(F)F.NS(=O)(=O)N[C@H]1c2c(F)cc(F)cc2CC1(F)F.NS(=O)(=O)N[C@H]1c2c(F)ccc(F)c2CC1(F)F. The van der Waals surface area contributed by atoms with Crippen LogP contribution in [0.4, 0.5) is 57.1 Å². The molecule has 55 heavy (non-hydrogen) atoms. The topological polar surface area (TPSA) is 217 Å². The van der Waals surface area contributed by atoms with Crippen molar-refractivity contribution < 1.29 is 82.3 Å². The predicted octanol–water partition coefficient (Wildman–Crippen LogP) is 3.11. The van der Waals surface area contributed by atoms with Gasteiger partial charge in [-0.2, -0.15) is 39.4 Å². The molecule has 0 fully saturated rings. The van der Waals surface area contributed by atoms with Crippen LogP contribution in [-0.4, -0.2) is 43.0 Å². The highest BCUT2D eigenvalue weighted by Crippen LogP contribution is 2.47. The Morgan fingerprint density at radius 1 is 0.491 bits per heavy atom. The minimum atomic E-state index is -4.61. The third-order valence-electron chi connectivity index (χ3n) is 7.97. The van der Waals surface area contributed by atoms with Crippen LogP contribution in [0.3, 0.4) is 0 Å². The highest BCUT2D eigenvalue weighted by Gasteiger charge is 2.54. The lowest BCUT2D eigenvalue weighted by Crippen LogP contribution is -2.41. The number of alkyl halides is 6. The van der Waals surface area contributed by atoms with Crippen molar-refractivity contribution in [3.8, 4) is 0 Å². The van der Waals surface area contributed by atoms with Gasteiger partial charge in [-0.15, -0.1) is 0 Å². The normalized spacial score (nSPS) is 21.8. The number of hydrogen-bond donors (Lipinski definition) is 6. The molecule has 12 nitrogen and oxygen atoms in total. The third kappa shape index (κ3) is 9.85. The molecule has 0 saturated heterocycles. The van der Waals surface area contributed by atoms with Crippen LogP contribution in [0, 0.1) is 40.7 Å². The van der Waals surface area contributed by atoms with Gasteiger partial charge in [0.15, 0.2) is 11.6 Å². The standard InChI is InChI=1S/C9H7F5N2O2S.2C9H8F4N2O2S/c10-4-1-5(11)7(12)6-3(4)2-9(13,14)8(6)16-19(15,17)18;10-5-1-4-3-9(12,13)8(15-18(14,16)17)7(4)6(11)2-5;10-5-1-2-6(11)7-4(5)3-9(12,13)8(7)15-18(14,16)17/h1,8,16H,2H2,(H2,15,17,18);2*1-2,8,15H,3H2,(H2,14,16,17)/t3*8-/m000/s1. The predicted molar refractivity (Wildman–Crippen MR) is 162 cm³/mol. The van der Waals surface area contributed by atoms with E-state index in [-0.39, 0.29) is 11.6 Å². The minimum absolute atomic E-state index is 0.129. The number of hydrogen-bond acceptors (Lipinski definition) is 6. The summed E-state index contributed by atoms with van der Waals surface area (Å²) in [5.41, 5.74) is -3.93. The fourth-order valence-corrected chi connectivity index (χ4v) is 7.79. The van der Waals surface area contributed by atoms with Crippen molar-refractivity contribution in [3.05, 3.63) is 104 Å². The highest BCUT2D eigenvalue weighted by molar-refractivity contribution is 7.87. The molecule has 3 aromatic rings. The Morgan fingerprint density at radius 3 is 1.36 bits per heavy atom. The molecule has 3 aromatic carbocycles. The summed E-state index contributed by atoms with van der Waals surface area (Å²) in [6.45, 7) is 0. The summed E-state index contributed by atoms with van der Waals surface area (Å²) in [7, 11) is -13.5. The summed E-state index contributed by atoms with van der Waals surface area (Å²) in [5.74, 6) is -20.2. The lowest BCUT2D eigenvalue weighted by molar-refractivity contribution is -0.0201. The summed E-state index contributed by atoms with van der Waals surface area (Å²) in [5, 5.41) is 13.7. The van der Waals surface area contributed by atoms with E-state index in [1.54, 1.807) is 0 Å². The van der Waals surface area contributed by atoms with E-state index in [1.165, 1.54) is 14.2 Å². The zero-order valence-electron chi connectivity index (χ0n) is 26.6. The van der Waals surface area contributed by atoms with Crippen LogP contribution in [0.15, 0.2) is 30.3 Å². The lowest BCUT2D eigenvalue weighted by Gasteiger charge is -2.20. The van der Waals surface area contributed by atoms with Gasteiger partial charge in [0.1, 0.15) is 47.2 Å². The molecule has 0 heterocycles. The van der Waals surface area contributed by atoms with Crippen molar-refractivity contribution in [2.75, 3.05) is 0 Å². The maximum Gasteiger partial charge on any atom is 0.275 e. The van der Waals surface area contributed by atoms with Crippen molar-refractivity contribution in [3.63, 3.8) is 0 Å². The minimum Gasteiger partial charge on any atom is -0.216 e. The molecule has 0 saturated carbocycles. The summed E-state index contributed by atoms with van der Waals surface area (Å²) < 4.78 is 243. The molecule has 6 rings (SSSR count). The van der Waals surface area contributed by atoms with E-state index in [4.69, 9.17) is 0 Å². The molecular weight excluding hydrogens is 848 g/mol. The van der Waals surface area contributed by atoms with Crippen LogP contribution in [0.1, 0.15) is 51.5 Å². The molecule has 28 heteroatoms. The van der Waals surface area contributed by atoms with Crippen molar-refractivity contribution in [2.45, 2.75) is 55.2 Å².